The van der Waals surface area contributed by atoms with Gasteiger partial charge in [-0.2, -0.15) is 13.2 Å². The second kappa shape index (κ2) is 9.53. The van der Waals surface area contributed by atoms with Gasteiger partial charge in [0.2, 0.25) is 0 Å². The van der Waals surface area contributed by atoms with Crippen molar-refractivity contribution in [1.29, 1.82) is 0 Å². The zero-order chi connectivity index (χ0) is 26.2. The highest BCUT2D eigenvalue weighted by molar-refractivity contribution is 6.31. The number of halogens is 5. The van der Waals surface area contributed by atoms with Crippen LogP contribution >= 0.6 is 11.6 Å². The topological polar surface area (TPSA) is 98.4 Å². The van der Waals surface area contributed by atoms with Gasteiger partial charge in [0, 0.05) is 35.7 Å². The third-order valence-electron chi connectivity index (χ3n) is 5.48. The molecule has 36 heavy (non-hydrogen) atoms. The number of amides is 4. The van der Waals surface area contributed by atoms with E-state index >= 15 is 0 Å². The van der Waals surface area contributed by atoms with E-state index in [0.29, 0.717) is 17.6 Å². The number of fused-ring (bicyclic) bond motifs is 1. The fraction of sp³-hybridized carbons (Fsp3) is 0.174. The van der Waals surface area contributed by atoms with E-state index in [1.807, 2.05) is 6.92 Å². The van der Waals surface area contributed by atoms with Gasteiger partial charge in [-0.1, -0.05) is 11.6 Å². The fourth-order valence-corrected chi connectivity index (χ4v) is 3.94. The van der Waals surface area contributed by atoms with Crippen molar-refractivity contribution in [1.82, 2.24) is 4.98 Å². The number of hydrogen-bond donors (Lipinski definition) is 4. The van der Waals surface area contributed by atoms with E-state index in [9.17, 15) is 27.2 Å². The van der Waals surface area contributed by atoms with Crippen LogP contribution in [0.25, 0.3) is 0 Å². The van der Waals surface area contributed by atoms with E-state index in [0.717, 1.165) is 23.3 Å². The van der Waals surface area contributed by atoms with Crippen LogP contribution in [0, 0.1) is 12.7 Å². The monoisotopic (exact) mass is 522 g/mol. The number of hydrogen-bond acceptors (Lipinski definition) is 4. The Morgan fingerprint density at radius 2 is 1.92 bits per heavy atom. The van der Waals surface area contributed by atoms with Gasteiger partial charge in [0.05, 0.1) is 28.5 Å². The molecule has 1 aliphatic rings. The quantitative estimate of drug-likeness (QED) is 0.296. The summed E-state index contributed by atoms with van der Waals surface area (Å²) in [5.74, 6) is -0.195. The van der Waals surface area contributed by atoms with Crippen LogP contribution in [0.3, 0.4) is 0 Å². The SMILES string of the molecule is CNc1ncc2c(c1C)NC(=O)N(c1ccc(F)c(NC(=O)Nc3ccc(Cl)c(C(F)(F)F)c3)c1)C2. The molecule has 2 heterocycles. The van der Waals surface area contributed by atoms with Gasteiger partial charge in [0.25, 0.3) is 0 Å². The molecule has 0 bridgehead atoms. The summed E-state index contributed by atoms with van der Waals surface area (Å²) in [7, 11) is 1.71. The molecular weight excluding hydrogens is 504 g/mol. The number of carbonyl (C=O) groups is 2. The Morgan fingerprint density at radius 1 is 1.17 bits per heavy atom. The van der Waals surface area contributed by atoms with Gasteiger partial charge in [-0.15, -0.1) is 0 Å². The number of nitrogens with one attached hydrogen (secondary N) is 4. The van der Waals surface area contributed by atoms with E-state index in [-0.39, 0.29) is 23.6 Å². The number of rotatable bonds is 4. The molecule has 4 amide bonds. The third-order valence-corrected chi connectivity index (χ3v) is 5.81. The smallest absolute Gasteiger partial charge is 0.373 e. The van der Waals surface area contributed by atoms with Crippen molar-refractivity contribution in [2.45, 2.75) is 19.6 Å². The van der Waals surface area contributed by atoms with Gasteiger partial charge >= 0.3 is 18.2 Å². The summed E-state index contributed by atoms with van der Waals surface area (Å²) in [6, 6.07) is 5.03. The van der Waals surface area contributed by atoms with Gasteiger partial charge in [-0.05, 0) is 43.3 Å². The molecule has 0 saturated heterocycles. The highest BCUT2D eigenvalue weighted by Gasteiger charge is 2.33. The van der Waals surface area contributed by atoms with Crippen LogP contribution in [-0.2, 0) is 12.7 Å². The Balaban J connectivity index is 1.54. The molecule has 0 spiro atoms. The fourth-order valence-electron chi connectivity index (χ4n) is 3.72. The number of pyridine rings is 1. The maximum absolute atomic E-state index is 14.4. The minimum absolute atomic E-state index is 0.140. The third kappa shape index (κ3) is 4.98. The average molecular weight is 523 g/mol. The maximum atomic E-state index is 14.4. The molecule has 4 N–H and O–H groups in total. The number of aromatic nitrogens is 1. The van der Waals surface area contributed by atoms with Crippen molar-refractivity contribution >= 4 is 52.2 Å². The number of nitrogens with zero attached hydrogens (tertiary/aromatic N) is 2. The molecule has 0 aliphatic carbocycles. The van der Waals surface area contributed by atoms with E-state index < -0.39 is 34.6 Å². The minimum Gasteiger partial charge on any atom is -0.373 e. The largest absolute Gasteiger partial charge is 0.417 e. The highest BCUT2D eigenvalue weighted by atomic mass is 35.5. The lowest BCUT2D eigenvalue weighted by molar-refractivity contribution is -0.137. The number of anilines is 5. The number of urea groups is 2. The normalized spacial score (nSPS) is 13.1. The van der Waals surface area contributed by atoms with E-state index in [1.165, 1.54) is 23.1 Å². The van der Waals surface area contributed by atoms with E-state index in [4.69, 9.17) is 11.6 Å². The molecule has 1 aromatic heterocycles. The summed E-state index contributed by atoms with van der Waals surface area (Å²) in [4.78, 5) is 30.8. The summed E-state index contributed by atoms with van der Waals surface area (Å²) in [5, 5.41) is 9.67. The molecule has 0 atom stereocenters. The lowest BCUT2D eigenvalue weighted by Gasteiger charge is -2.31. The molecule has 13 heteroatoms. The highest BCUT2D eigenvalue weighted by Crippen LogP contribution is 2.36. The zero-order valence-corrected chi connectivity index (χ0v) is 19.6. The van der Waals surface area contributed by atoms with Crippen molar-refractivity contribution in [3.8, 4) is 0 Å². The minimum atomic E-state index is -4.72. The molecule has 0 unspecified atom stereocenters. The molecule has 2 aromatic carbocycles. The molecule has 0 saturated carbocycles. The first-order valence-electron chi connectivity index (χ1n) is 10.5. The molecule has 188 valence electrons. The maximum Gasteiger partial charge on any atom is 0.417 e. The van der Waals surface area contributed by atoms with Crippen molar-refractivity contribution in [3.63, 3.8) is 0 Å². The Bertz CT molecular complexity index is 1370. The second-order valence-corrected chi connectivity index (χ2v) is 8.24. The lowest BCUT2D eigenvalue weighted by Crippen LogP contribution is -2.39. The second-order valence-electron chi connectivity index (χ2n) is 7.83. The van der Waals surface area contributed by atoms with Crippen molar-refractivity contribution in [3.05, 3.63) is 70.1 Å². The summed E-state index contributed by atoms with van der Waals surface area (Å²) in [6.45, 7) is 1.95. The zero-order valence-electron chi connectivity index (χ0n) is 18.8. The van der Waals surface area contributed by atoms with Crippen LogP contribution in [-0.4, -0.2) is 24.1 Å². The number of carbonyl (C=O) groups excluding carboxylic acids is 2. The van der Waals surface area contributed by atoms with Crippen molar-refractivity contribution < 1.29 is 27.2 Å². The van der Waals surface area contributed by atoms with E-state index in [1.54, 1.807) is 13.2 Å². The predicted molar refractivity (Wildman–Crippen MR) is 129 cm³/mol. The summed E-state index contributed by atoms with van der Waals surface area (Å²) in [5.41, 5.74) is 0.777. The number of alkyl halides is 3. The summed E-state index contributed by atoms with van der Waals surface area (Å²) < 4.78 is 53.6. The van der Waals surface area contributed by atoms with E-state index in [2.05, 4.69) is 26.3 Å². The Hall–Kier alpha value is -4.06. The Labute approximate surface area is 207 Å². The summed E-state index contributed by atoms with van der Waals surface area (Å²) >= 11 is 5.58. The molecule has 4 rings (SSSR count). The van der Waals surface area contributed by atoms with Crippen molar-refractivity contribution in [2.75, 3.05) is 33.2 Å². The van der Waals surface area contributed by atoms with Gasteiger partial charge in [-0.25, -0.2) is 19.0 Å². The number of benzene rings is 2. The van der Waals surface area contributed by atoms with Gasteiger partial charge in [0.1, 0.15) is 11.6 Å². The first kappa shape index (κ1) is 25.0. The van der Waals surface area contributed by atoms with Gasteiger partial charge in [0.15, 0.2) is 0 Å². The molecule has 0 fully saturated rings. The first-order valence-corrected chi connectivity index (χ1v) is 10.8. The van der Waals surface area contributed by atoms with Crippen LogP contribution in [0.15, 0.2) is 42.6 Å². The van der Waals surface area contributed by atoms with Crippen LogP contribution < -0.4 is 26.2 Å². The van der Waals surface area contributed by atoms with Crippen molar-refractivity contribution in [2.24, 2.45) is 0 Å². The van der Waals surface area contributed by atoms with Crippen LogP contribution in [0.1, 0.15) is 16.7 Å². The molecule has 1 aliphatic heterocycles. The average Bonchev–Trinajstić information content (AvgIpc) is 2.81. The first-order chi connectivity index (χ1) is 17.0. The van der Waals surface area contributed by atoms with Crippen LogP contribution in [0.2, 0.25) is 5.02 Å². The predicted octanol–water partition coefficient (Wildman–Crippen LogP) is 6.44. The van der Waals surface area contributed by atoms with Crippen LogP contribution in [0.5, 0.6) is 0 Å². The lowest BCUT2D eigenvalue weighted by atomic mass is 10.1. The Kier molecular flexibility index (Phi) is 6.63. The summed E-state index contributed by atoms with van der Waals surface area (Å²) in [6.07, 6.45) is -3.11. The Morgan fingerprint density at radius 3 is 2.61 bits per heavy atom. The molecular formula is C23H19ClF4N6O2. The van der Waals surface area contributed by atoms with Crippen LogP contribution in [0.4, 0.5) is 55.7 Å². The van der Waals surface area contributed by atoms with Gasteiger partial charge in [-0.3, -0.25) is 4.90 Å². The molecule has 8 nitrogen and oxygen atoms in total. The molecule has 0 radical (unpaired) electrons. The molecule has 3 aromatic rings. The standard InChI is InChI=1S/C23H19ClF4N6O2/c1-11-19-12(9-30-20(11)29-2)10-34(22(36)33-19)14-4-6-17(25)18(8-14)32-21(35)31-13-3-5-16(24)15(7-13)23(26,27)28/h3-9H,10H2,1-2H3,(H,29,30)(H,33,36)(H2,31,32,35). The van der Waals surface area contributed by atoms with Gasteiger partial charge < -0.3 is 21.3 Å².